The number of amides is 3. The van der Waals surface area contributed by atoms with Gasteiger partial charge in [-0.2, -0.15) is 0 Å². The van der Waals surface area contributed by atoms with Crippen molar-refractivity contribution in [3.05, 3.63) is 58.9 Å². The number of para-hydroxylation sites is 2. The highest BCUT2D eigenvalue weighted by Gasteiger charge is 2.16. The fourth-order valence-corrected chi connectivity index (χ4v) is 1.98. The lowest BCUT2D eigenvalue weighted by Gasteiger charge is -2.09. The molecule has 130 valence electrons. The van der Waals surface area contributed by atoms with E-state index in [4.69, 9.17) is 22.1 Å². The molecule has 0 aliphatic rings. The number of anilines is 2. The first-order valence-corrected chi connectivity index (χ1v) is 7.32. The van der Waals surface area contributed by atoms with Crippen LogP contribution in [0.1, 0.15) is 10.4 Å². The highest BCUT2D eigenvalue weighted by atomic mass is 35.5. The molecule has 9 heteroatoms. The molecule has 0 saturated carbocycles. The average molecular weight is 366 g/mol. The van der Waals surface area contributed by atoms with Gasteiger partial charge in [0.2, 0.25) is 0 Å². The van der Waals surface area contributed by atoms with Crippen molar-refractivity contribution in [1.29, 1.82) is 0 Å². The van der Waals surface area contributed by atoms with E-state index in [9.17, 15) is 18.8 Å². The predicted molar refractivity (Wildman–Crippen MR) is 89.7 cm³/mol. The zero-order valence-electron chi connectivity index (χ0n) is 12.7. The van der Waals surface area contributed by atoms with E-state index in [1.807, 2.05) is 5.32 Å². The van der Waals surface area contributed by atoms with Gasteiger partial charge in [-0.3, -0.25) is 10.1 Å². The van der Waals surface area contributed by atoms with E-state index in [0.29, 0.717) is 0 Å². The van der Waals surface area contributed by atoms with Crippen LogP contribution in [0.4, 0.5) is 20.6 Å². The topological polar surface area (TPSA) is 111 Å². The number of nitrogen functional groups attached to an aromatic ring is 1. The summed E-state index contributed by atoms with van der Waals surface area (Å²) in [6, 6.07) is 8.84. The Hall–Kier alpha value is -3.13. The Kier molecular flexibility index (Phi) is 5.91. The molecule has 0 unspecified atom stereocenters. The first kappa shape index (κ1) is 18.2. The first-order chi connectivity index (χ1) is 11.9. The summed E-state index contributed by atoms with van der Waals surface area (Å²) in [6.45, 7) is -0.727. The van der Waals surface area contributed by atoms with Gasteiger partial charge in [-0.25, -0.2) is 14.0 Å². The number of nitrogens with one attached hydrogen (secondary N) is 2. The number of esters is 1. The molecular formula is C16H13ClFN3O4. The second-order valence-electron chi connectivity index (χ2n) is 4.76. The fraction of sp³-hybridized carbons (Fsp3) is 0.0625. The Balaban J connectivity index is 1.86. The number of benzene rings is 2. The molecule has 0 spiro atoms. The van der Waals surface area contributed by atoms with Gasteiger partial charge in [-0.05, 0) is 24.3 Å². The predicted octanol–water partition coefficient (Wildman–Crippen LogP) is 2.57. The Morgan fingerprint density at radius 1 is 1.12 bits per heavy atom. The molecule has 0 saturated heterocycles. The number of carbonyl (C=O) groups is 3. The lowest BCUT2D eigenvalue weighted by atomic mass is 10.2. The molecule has 0 bridgehead atoms. The van der Waals surface area contributed by atoms with Gasteiger partial charge >= 0.3 is 12.0 Å². The third-order valence-electron chi connectivity index (χ3n) is 2.98. The molecular weight excluding hydrogens is 353 g/mol. The van der Waals surface area contributed by atoms with Crippen LogP contribution in [0.5, 0.6) is 0 Å². The molecule has 3 amide bonds. The van der Waals surface area contributed by atoms with Crippen LogP contribution in [0.2, 0.25) is 5.02 Å². The van der Waals surface area contributed by atoms with Gasteiger partial charge in [0.05, 0.1) is 22.0 Å². The Morgan fingerprint density at radius 3 is 2.56 bits per heavy atom. The van der Waals surface area contributed by atoms with E-state index >= 15 is 0 Å². The van der Waals surface area contributed by atoms with Gasteiger partial charge in [-0.1, -0.05) is 29.8 Å². The summed E-state index contributed by atoms with van der Waals surface area (Å²) in [7, 11) is 0. The van der Waals surface area contributed by atoms with Crippen LogP contribution in [0.3, 0.4) is 0 Å². The van der Waals surface area contributed by atoms with Gasteiger partial charge in [0.1, 0.15) is 5.82 Å². The molecule has 4 N–H and O–H groups in total. The summed E-state index contributed by atoms with van der Waals surface area (Å²) in [6.07, 6.45) is 0. The number of hydrogen-bond donors (Lipinski definition) is 3. The van der Waals surface area contributed by atoms with Crippen molar-refractivity contribution in [1.82, 2.24) is 5.32 Å². The average Bonchev–Trinajstić information content (AvgIpc) is 2.57. The van der Waals surface area contributed by atoms with E-state index in [0.717, 1.165) is 6.07 Å². The van der Waals surface area contributed by atoms with Crippen LogP contribution in [0.25, 0.3) is 0 Å². The molecule has 0 atom stereocenters. The Bertz CT molecular complexity index is 829. The second-order valence-corrected chi connectivity index (χ2v) is 5.17. The maximum Gasteiger partial charge on any atom is 0.340 e. The van der Waals surface area contributed by atoms with E-state index in [-0.39, 0.29) is 22.0 Å². The normalized spacial score (nSPS) is 10.0. The molecule has 2 rings (SSSR count). The Morgan fingerprint density at radius 2 is 1.84 bits per heavy atom. The zero-order valence-corrected chi connectivity index (χ0v) is 13.5. The van der Waals surface area contributed by atoms with Gasteiger partial charge in [0, 0.05) is 0 Å². The maximum absolute atomic E-state index is 13.4. The van der Waals surface area contributed by atoms with Crippen LogP contribution >= 0.6 is 11.6 Å². The number of rotatable bonds is 4. The molecule has 0 radical (unpaired) electrons. The van der Waals surface area contributed by atoms with Crippen LogP contribution < -0.4 is 16.4 Å². The fourth-order valence-electron chi connectivity index (χ4n) is 1.80. The molecule has 2 aromatic rings. The smallest absolute Gasteiger partial charge is 0.340 e. The number of halogens is 2. The zero-order chi connectivity index (χ0) is 18.4. The summed E-state index contributed by atoms with van der Waals surface area (Å²) in [4.78, 5) is 35.1. The maximum atomic E-state index is 13.4. The molecule has 0 fully saturated rings. The second kappa shape index (κ2) is 8.11. The summed E-state index contributed by atoms with van der Waals surface area (Å²) in [5.74, 6) is -2.43. The number of urea groups is 1. The molecule has 0 aliphatic carbocycles. The molecule has 7 nitrogen and oxygen atoms in total. The van der Waals surface area contributed by atoms with Crippen LogP contribution in [-0.2, 0) is 9.53 Å². The molecule has 2 aromatic carbocycles. The number of carbonyl (C=O) groups excluding carboxylic acids is 3. The molecule has 0 aliphatic heterocycles. The lowest BCUT2D eigenvalue weighted by molar-refractivity contribution is -0.123. The minimum Gasteiger partial charge on any atom is -0.452 e. The first-order valence-electron chi connectivity index (χ1n) is 6.95. The highest BCUT2D eigenvalue weighted by Crippen LogP contribution is 2.22. The lowest BCUT2D eigenvalue weighted by Crippen LogP contribution is -2.37. The van der Waals surface area contributed by atoms with Gasteiger partial charge in [0.15, 0.2) is 6.61 Å². The quantitative estimate of drug-likeness (QED) is 0.569. The van der Waals surface area contributed by atoms with Crippen molar-refractivity contribution in [2.24, 2.45) is 0 Å². The van der Waals surface area contributed by atoms with Crippen molar-refractivity contribution < 1.29 is 23.5 Å². The largest absolute Gasteiger partial charge is 0.452 e. The van der Waals surface area contributed by atoms with Crippen LogP contribution in [0.15, 0.2) is 42.5 Å². The van der Waals surface area contributed by atoms with Crippen LogP contribution in [-0.4, -0.2) is 24.5 Å². The van der Waals surface area contributed by atoms with E-state index in [1.54, 1.807) is 0 Å². The van der Waals surface area contributed by atoms with E-state index < -0.39 is 30.3 Å². The van der Waals surface area contributed by atoms with Crippen molar-refractivity contribution in [2.75, 3.05) is 17.7 Å². The van der Waals surface area contributed by atoms with Gasteiger partial charge in [-0.15, -0.1) is 0 Å². The highest BCUT2D eigenvalue weighted by molar-refractivity contribution is 6.33. The number of hydrogen-bond acceptors (Lipinski definition) is 5. The van der Waals surface area contributed by atoms with Crippen molar-refractivity contribution >= 4 is 40.9 Å². The van der Waals surface area contributed by atoms with Crippen molar-refractivity contribution in [2.45, 2.75) is 0 Å². The number of ether oxygens (including phenoxy) is 1. The third-order valence-corrected chi connectivity index (χ3v) is 3.31. The summed E-state index contributed by atoms with van der Waals surface area (Å²) in [5.41, 5.74) is 5.55. The van der Waals surface area contributed by atoms with Gasteiger partial charge < -0.3 is 15.8 Å². The van der Waals surface area contributed by atoms with Gasteiger partial charge in [0.25, 0.3) is 5.91 Å². The number of nitrogens with two attached hydrogens (primary N) is 1. The minimum atomic E-state index is -0.964. The summed E-state index contributed by atoms with van der Waals surface area (Å²) < 4.78 is 18.1. The number of imide groups is 1. The Labute approximate surface area is 146 Å². The van der Waals surface area contributed by atoms with Crippen molar-refractivity contribution in [3.8, 4) is 0 Å². The van der Waals surface area contributed by atoms with E-state index in [2.05, 4.69) is 5.32 Å². The minimum absolute atomic E-state index is 0.00360. The summed E-state index contributed by atoms with van der Waals surface area (Å²) >= 11 is 5.78. The van der Waals surface area contributed by atoms with Crippen LogP contribution in [0, 0.1) is 5.82 Å². The monoisotopic (exact) mass is 365 g/mol. The molecule has 25 heavy (non-hydrogen) atoms. The third kappa shape index (κ3) is 4.92. The van der Waals surface area contributed by atoms with Crippen molar-refractivity contribution in [3.63, 3.8) is 0 Å². The molecule has 0 heterocycles. The summed E-state index contributed by atoms with van der Waals surface area (Å²) in [5, 5.41) is 4.22. The SMILES string of the molecule is Nc1c(Cl)cccc1C(=O)OCC(=O)NC(=O)Nc1ccccc1F. The molecule has 0 aromatic heterocycles. The standard InChI is InChI=1S/C16H13ClFN3O4/c17-10-5-3-4-9(14(10)19)15(23)25-8-13(22)21-16(24)20-12-7-2-1-6-11(12)18/h1-7H,8,19H2,(H2,20,21,22,24). The van der Waals surface area contributed by atoms with E-state index in [1.165, 1.54) is 36.4 Å².